The first kappa shape index (κ1) is 8.51. The van der Waals surface area contributed by atoms with Gasteiger partial charge in [-0.05, 0) is 19.9 Å². The van der Waals surface area contributed by atoms with Gasteiger partial charge in [-0.3, -0.25) is 0 Å². The van der Waals surface area contributed by atoms with Crippen molar-refractivity contribution in [3.8, 4) is 5.88 Å². The molecule has 0 atom stereocenters. The molecule has 0 unspecified atom stereocenters. The quantitative estimate of drug-likeness (QED) is 0.651. The Kier molecular flexibility index (Phi) is 1.96. The van der Waals surface area contributed by atoms with Gasteiger partial charge in [-0.2, -0.15) is 0 Å². The van der Waals surface area contributed by atoms with Gasteiger partial charge in [-0.1, -0.05) is 6.07 Å². The normalized spacial score (nSPS) is 19.8. The Labute approximate surface area is 78.1 Å². The summed E-state index contributed by atoms with van der Waals surface area (Å²) < 4.78 is 5.77. The van der Waals surface area contributed by atoms with Crippen molar-refractivity contribution in [3.05, 3.63) is 23.9 Å². The Morgan fingerprint density at radius 2 is 2.38 bits per heavy atom. The highest BCUT2D eigenvalue weighted by Crippen LogP contribution is 2.22. The van der Waals surface area contributed by atoms with Gasteiger partial charge in [0.2, 0.25) is 5.88 Å². The van der Waals surface area contributed by atoms with Crippen LogP contribution in [0.25, 0.3) is 0 Å². The SMILES string of the molecule is CC1(C)CNCc2cccnc2O1. The van der Waals surface area contributed by atoms with Crippen LogP contribution in [-0.2, 0) is 6.54 Å². The molecule has 1 aliphatic rings. The largest absolute Gasteiger partial charge is 0.470 e. The molecule has 0 aliphatic carbocycles. The van der Waals surface area contributed by atoms with E-state index in [0.717, 1.165) is 24.5 Å². The average Bonchev–Trinajstić information content (AvgIpc) is 2.21. The molecule has 3 nitrogen and oxygen atoms in total. The van der Waals surface area contributed by atoms with Gasteiger partial charge >= 0.3 is 0 Å². The van der Waals surface area contributed by atoms with Gasteiger partial charge in [-0.15, -0.1) is 0 Å². The molecule has 1 aliphatic heterocycles. The van der Waals surface area contributed by atoms with Gasteiger partial charge in [0.1, 0.15) is 5.60 Å². The number of hydrogen-bond donors (Lipinski definition) is 1. The number of aromatic nitrogens is 1. The fourth-order valence-electron chi connectivity index (χ4n) is 1.45. The van der Waals surface area contributed by atoms with Crippen molar-refractivity contribution in [1.82, 2.24) is 10.3 Å². The summed E-state index contributed by atoms with van der Waals surface area (Å²) in [7, 11) is 0. The van der Waals surface area contributed by atoms with Gasteiger partial charge in [0, 0.05) is 24.8 Å². The van der Waals surface area contributed by atoms with Crippen molar-refractivity contribution >= 4 is 0 Å². The number of nitrogens with one attached hydrogen (secondary N) is 1. The van der Waals surface area contributed by atoms with Crippen LogP contribution in [0.1, 0.15) is 19.4 Å². The van der Waals surface area contributed by atoms with E-state index in [1.54, 1.807) is 6.20 Å². The van der Waals surface area contributed by atoms with E-state index in [0.29, 0.717) is 0 Å². The molecule has 1 N–H and O–H groups in total. The zero-order chi connectivity index (χ0) is 9.31. The van der Waals surface area contributed by atoms with E-state index in [9.17, 15) is 0 Å². The standard InChI is InChI=1S/C10H14N2O/c1-10(2)7-11-6-8-4-3-5-12-9(8)13-10/h3-5,11H,6-7H2,1-2H3. The highest BCUT2D eigenvalue weighted by atomic mass is 16.5. The zero-order valence-corrected chi connectivity index (χ0v) is 8.00. The highest BCUT2D eigenvalue weighted by Gasteiger charge is 2.24. The first-order chi connectivity index (χ1) is 6.17. The van der Waals surface area contributed by atoms with Crippen molar-refractivity contribution in [2.24, 2.45) is 0 Å². The molecule has 3 heteroatoms. The fraction of sp³-hybridized carbons (Fsp3) is 0.500. The summed E-state index contributed by atoms with van der Waals surface area (Å²) in [6.45, 7) is 5.81. The van der Waals surface area contributed by atoms with Crippen LogP contribution in [0.15, 0.2) is 18.3 Å². The second-order valence-electron chi connectivity index (χ2n) is 3.93. The Balaban J connectivity index is 2.34. The molecule has 13 heavy (non-hydrogen) atoms. The van der Waals surface area contributed by atoms with Crippen LogP contribution in [0.2, 0.25) is 0 Å². The molecular formula is C10H14N2O. The molecule has 2 rings (SSSR count). The minimum Gasteiger partial charge on any atom is -0.470 e. The number of nitrogens with zero attached hydrogens (tertiary/aromatic N) is 1. The third-order valence-electron chi connectivity index (χ3n) is 2.09. The Hall–Kier alpha value is -1.09. The molecule has 0 aromatic carbocycles. The summed E-state index contributed by atoms with van der Waals surface area (Å²) in [5.41, 5.74) is 0.965. The molecule has 0 saturated carbocycles. The number of rotatable bonds is 0. The van der Waals surface area contributed by atoms with Crippen LogP contribution in [0.3, 0.4) is 0 Å². The van der Waals surface area contributed by atoms with Gasteiger partial charge in [0.05, 0.1) is 0 Å². The summed E-state index contributed by atoms with van der Waals surface area (Å²) in [6.07, 6.45) is 1.76. The Morgan fingerprint density at radius 3 is 3.23 bits per heavy atom. The first-order valence-electron chi connectivity index (χ1n) is 4.51. The predicted molar refractivity (Wildman–Crippen MR) is 50.7 cm³/mol. The topological polar surface area (TPSA) is 34.2 Å². The lowest BCUT2D eigenvalue weighted by molar-refractivity contribution is 0.109. The summed E-state index contributed by atoms with van der Waals surface area (Å²) in [5, 5.41) is 3.33. The van der Waals surface area contributed by atoms with Crippen molar-refractivity contribution in [2.45, 2.75) is 26.0 Å². The lowest BCUT2D eigenvalue weighted by Gasteiger charge is -2.23. The van der Waals surface area contributed by atoms with Crippen LogP contribution in [-0.4, -0.2) is 17.1 Å². The number of hydrogen-bond acceptors (Lipinski definition) is 3. The molecule has 0 saturated heterocycles. The van der Waals surface area contributed by atoms with Crippen LogP contribution in [0.5, 0.6) is 5.88 Å². The van der Waals surface area contributed by atoms with E-state index in [-0.39, 0.29) is 5.60 Å². The molecule has 0 bridgehead atoms. The lowest BCUT2D eigenvalue weighted by Crippen LogP contribution is -2.37. The molecular weight excluding hydrogens is 164 g/mol. The Morgan fingerprint density at radius 1 is 1.54 bits per heavy atom. The Bertz CT molecular complexity index is 310. The van der Waals surface area contributed by atoms with Crippen molar-refractivity contribution in [1.29, 1.82) is 0 Å². The van der Waals surface area contributed by atoms with E-state index in [1.807, 2.05) is 12.1 Å². The number of ether oxygens (including phenoxy) is 1. The summed E-state index contributed by atoms with van der Waals surface area (Å²) in [4.78, 5) is 4.21. The monoisotopic (exact) mass is 178 g/mol. The summed E-state index contributed by atoms with van der Waals surface area (Å²) in [6, 6.07) is 3.97. The molecule has 2 heterocycles. The van der Waals surface area contributed by atoms with E-state index < -0.39 is 0 Å². The summed E-state index contributed by atoms with van der Waals surface area (Å²) in [5.74, 6) is 0.762. The second-order valence-corrected chi connectivity index (χ2v) is 3.93. The molecule has 1 aromatic rings. The minimum atomic E-state index is -0.167. The van der Waals surface area contributed by atoms with Gasteiger partial charge < -0.3 is 10.1 Å². The van der Waals surface area contributed by atoms with Crippen LogP contribution in [0, 0.1) is 0 Å². The highest BCUT2D eigenvalue weighted by molar-refractivity contribution is 5.26. The number of pyridine rings is 1. The zero-order valence-electron chi connectivity index (χ0n) is 8.00. The smallest absolute Gasteiger partial charge is 0.218 e. The van der Waals surface area contributed by atoms with Crippen molar-refractivity contribution in [3.63, 3.8) is 0 Å². The summed E-state index contributed by atoms with van der Waals surface area (Å²) >= 11 is 0. The van der Waals surface area contributed by atoms with E-state index in [2.05, 4.69) is 24.1 Å². The molecule has 0 spiro atoms. The van der Waals surface area contributed by atoms with Gasteiger partial charge in [0.25, 0.3) is 0 Å². The van der Waals surface area contributed by atoms with E-state index in [4.69, 9.17) is 4.74 Å². The number of fused-ring (bicyclic) bond motifs is 1. The van der Waals surface area contributed by atoms with Crippen LogP contribution < -0.4 is 10.1 Å². The molecule has 0 amide bonds. The van der Waals surface area contributed by atoms with E-state index >= 15 is 0 Å². The van der Waals surface area contributed by atoms with Gasteiger partial charge in [-0.25, -0.2) is 4.98 Å². The van der Waals surface area contributed by atoms with Crippen molar-refractivity contribution < 1.29 is 4.74 Å². The molecule has 1 aromatic heterocycles. The maximum Gasteiger partial charge on any atom is 0.218 e. The maximum atomic E-state index is 5.77. The van der Waals surface area contributed by atoms with Crippen molar-refractivity contribution in [2.75, 3.05) is 6.54 Å². The first-order valence-corrected chi connectivity index (χ1v) is 4.51. The molecule has 0 fully saturated rings. The minimum absolute atomic E-state index is 0.167. The average molecular weight is 178 g/mol. The van der Waals surface area contributed by atoms with Crippen LogP contribution >= 0.6 is 0 Å². The molecule has 0 radical (unpaired) electrons. The predicted octanol–water partition coefficient (Wildman–Crippen LogP) is 1.34. The third kappa shape index (κ3) is 1.80. The lowest BCUT2D eigenvalue weighted by atomic mass is 10.1. The van der Waals surface area contributed by atoms with Gasteiger partial charge in [0.15, 0.2) is 0 Å². The fourth-order valence-corrected chi connectivity index (χ4v) is 1.45. The van der Waals surface area contributed by atoms with E-state index in [1.165, 1.54) is 0 Å². The van der Waals surface area contributed by atoms with Crippen LogP contribution in [0.4, 0.5) is 0 Å². The third-order valence-corrected chi connectivity index (χ3v) is 2.09. The molecule has 70 valence electrons. The maximum absolute atomic E-state index is 5.77. The second kappa shape index (κ2) is 3.00.